The molecule has 1 atom stereocenters. The van der Waals surface area contributed by atoms with Crippen molar-refractivity contribution in [2.75, 3.05) is 12.4 Å². The van der Waals surface area contributed by atoms with Gasteiger partial charge in [0.1, 0.15) is 11.4 Å². The van der Waals surface area contributed by atoms with Crippen LogP contribution in [0, 0.1) is 13.8 Å². The number of amides is 1. The van der Waals surface area contributed by atoms with Crippen LogP contribution in [0.2, 0.25) is 0 Å². The molecule has 0 spiro atoms. The van der Waals surface area contributed by atoms with Gasteiger partial charge in [0.2, 0.25) is 0 Å². The number of ether oxygens (including phenoxy) is 2. The lowest BCUT2D eigenvalue weighted by Gasteiger charge is -2.26. The predicted molar refractivity (Wildman–Crippen MR) is 90.6 cm³/mol. The molecule has 0 saturated carbocycles. The molecule has 0 bridgehead atoms. The number of hydrogen-bond donors (Lipinski definition) is 1. The molecule has 1 aromatic rings. The third-order valence-electron chi connectivity index (χ3n) is 3.73. The minimum Gasteiger partial charge on any atom is -0.490 e. The Bertz CT molecular complexity index is 502. The van der Waals surface area contributed by atoms with Crippen LogP contribution in [0.4, 0.5) is 5.69 Å². The highest BCUT2D eigenvalue weighted by Gasteiger charge is 2.32. The van der Waals surface area contributed by atoms with Crippen molar-refractivity contribution in [3.63, 3.8) is 0 Å². The lowest BCUT2D eigenvalue weighted by atomic mass is 9.99. The number of methoxy groups -OCH3 is 1. The molecular weight excluding hydrogens is 278 g/mol. The van der Waals surface area contributed by atoms with E-state index in [2.05, 4.69) is 5.32 Å². The summed E-state index contributed by atoms with van der Waals surface area (Å²) in [4.78, 5) is 12.5. The summed E-state index contributed by atoms with van der Waals surface area (Å²) in [7, 11) is 1.57. The van der Waals surface area contributed by atoms with Gasteiger partial charge >= 0.3 is 0 Å². The van der Waals surface area contributed by atoms with Gasteiger partial charge in [0.25, 0.3) is 5.91 Å². The lowest BCUT2D eigenvalue weighted by Crippen LogP contribution is -2.41. The smallest absolute Gasteiger partial charge is 0.256 e. The summed E-state index contributed by atoms with van der Waals surface area (Å²) in [5.74, 6) is 0.768. The molecule has 0 aliphatic heterocycles. The van der Waals surface area contributed by atoms with Crippen LogP contribution in [-0.2, 0) is 9.53 Å². The molecule has 1 rings (SSSR count). The highest BCUT2D eigenvalue weighted by atomic mass is 16.5. The van der Waals surface area contributed by atoms with E-state index in [1.807, 2.05) is 53.7 Å². The fraction of sp³-hybridized carbons (Fsp3) is 0.611. The molecule has 4 nitrogen and oxygen atoms in total. The van der Waals surface area contributed by atoms with Crippen LogP contribution >= 0.6 is 0 Å². The van der Waals surface area contributed by atoms with Crippen molar-refractivity contribution in [1.29, 1.82) is 0 Å². The number of hydrogen-bond acceptors (Lipinski definition) is 3. The average molecular weight is 307 g/mol. The van der Waals surface area contributed by atoms with Crippen LogP contribution in [-0.4, -0.2) is 24.7 Å². The largest absolute Gasteiger partial charge is 0.490 e. The molecule has 124 valence electrons. The Labute approximate surface area is 134 Å². The SMILES string of the molecule is CCC[C@](C)(OC)C(=O)Nc1cc(C)c(OC(C)C)c(C)c1. The van der Waals surface area contributed by atoms with E-state index in [9.17, 15) is 4.79 Å². The van der Waals surface area contributed by atoms with Crippen molar-refractivity contribution in [2.24, 2.45) is 0 Å². The predicted octanol–water partition coefficient (Wildman–Crippen LogP) is 4.23. The van der Waals surface area contributed by atoms with Crippen molar-refractivity contribution in [2.45, 2.75) is 66.1 Å². The first-order valence-electron chi connectivity index (χ1n) is 7.88. The van der Waals surface area contributed by atoms with Gasteiger partial charge in [-0.3, -0.25) is 4.79 Å². The van der Waals surface area contributed by atoms with E-state index >= 15 is 0 Å². The van der Waals surface area contributed by atoms with E-state index in [-0.39, 0.29) is 12.0 Å². The summed E-state index contributed by atoms with van der Waals surface area (Å²) >= 11 is 0. The van der Waals surface area contributed by atoms with Gasteiger partial charge in [0.15, 0.2) is 0 Å². The van der Waals surface area contributed by atoms with Crippen LogP contribution in [0.25, 0.3) is 0 Å². The molecule has 0 aromatic heterocycles. The first-order chi connectivity index (χ1) is 10.2. The molecule has 0 heterocycles. The van der Waals surface area contributed by atoms with Gasteiger partial charge in [-0.2, -0.15) is 0 Å². The topological polar surface area (TPSA) is 47.6 Å². The van der Waals surface area contributed by atoms with Crippen molar-refractivity contribution in [1.82, 2.24) is 0 Å². The zero-order valence-electron chi connectivity index (χ0n) is 14.9. The molecule has 0 saturated heterocycles. The number of nitrogens with one attached hydrogen (secondary N) is 1. The Balaban J connectivity index is 2.97. The van der Waals surface area contributed by atoms with Crippen LogP contribution in [0.15, 0.2) is 12.1 Å². The third kappa shape index (κ3) is 4.47. The maximum Gasteiger partial charge on any atom is 0.256 e. The monoisotopic (exact) mass is 307 g/mol. The van der Waals surface area contributed by atoms with Crippen molar-refractivity contribution < 1.29 is 14.3 Å². The summed E-state index contributed by atoms with van der Waals surface area (Å²) in [5.41, 5.74) is 2.00. The zero-order chi connectivity index (χ0) is 16.9. The Hall–Kier alpha value is -1.55. The van der Waals surface area contributed by atoms with Gasteiger partial charge in [0.05, 0.1) is 6.10 Å². The highest BCUT2D eigenvalue weighted by Crippen LogP contribution is 2.29. The number of benzene rings is 1. The fourth-order valence-electron chi connectivity index (χ4n) is 2.49. The van der Waals surface area contributed by atoms with Gasteiger partial charge in [-0.15, -0.1) is 0 Å². The second kappa shape index (κ2) is 7.63. The Kier molecular flexibility index (Phi) is 6.42. The van der Waals surface area contributed by atoms with E-state index in [0.717, 1.165) is 29.0 Å². The molecule has 1 N–H and O–H groups in total. The average Bonchev–Trinajstić information content (AvgIpc) is 2.42. The first-order valence-corrected chi connectivity index (χ1v) is 7.88. The quantitative estimate of drug-likeness (QED) is 0.820. The maximum absolute atomic E-state index is 12.5. The molecular formula is C18H29NO3. The molecule has 0 radical (unpaired) electrons. The number of aryl methyl sites for hydroxylation is 2. The molecule has 1 aromatic carbocycles. The fourth-order valence-corrected chi connectivity index (χ4v) is 2.49. The van der Waals surface area contributed by atoms with Gasteiger partial charge in [-0.05, 0) is 64.3 Å². The normalized spacial score (nSPS) is 13.8. The van der Waals surface area contributed by atoms with E-state index < -0.39 is 5.60 Å². The first kappa shape index (κ1) is 18.5. The van der Waals surface area contributed by atoms with Gasteiger partial charge in [0, 0.05) is 12.8 Å². The Morgan fingerprint density at radius 3 is 2.23 bits per heavy atom. The van der Waals surface area contributed by atoms with E-state index in [1.54, 1.807) is 7.11 Å². The lowest BCUT2D eigenvalue weighted by molar-refractivity contribution is -0.136. The maximum atomic E-state index is 12.5. The van der Waals surface area contributed by atoms with Crippen LogP contribution in [0.5, 0.6) is 5.75 Å². The number of rotatable bonds is 7. The molecule has 0 aliphatic carbocycles. The van der Waals surface area contributed by atoms with Gasteiger partial charge < -0.3 is 14.8 Å². The highest BCUT2D eigenvalue weighted by molar-refractivity contribution is 5.97. The standard InChI is InChI=1S/C18H29NO3/c1-8-9-18(6,21-7)17(20)19-15-10-13(4)16(14(5)11-15)22-12(2)3/h10-12H,8-9H2,1-7H3,(H,19,20)/t18-/m0/s1. The van der Waals surface area contributed by atoms with Crippen LogP contribution in [0.1, 0.15) is 51.7 Å². The second-order valence-corrected chi connectivity index (χ2v) is 6.24. The number of carbonyl (C=O) groups is 1. The number of anilines is 1. The molecule has 0 unspecified atom stereocenters. The summed E-state index contributed by atoms with van der Waals surface area (Å²) < 4.78 is 11.2. The molecule has 0 aliphatic rings. The number of carbonyl (C=O) groups excluding carboxylic acids is 1. The van der Waals surface area contributed by atoms with E-state index in [4.69, 9.17) is 9.47 Å². The minimum atomic E-state index is -0.802. The molecule has 4 heteroatoms. The van der Waals surface area contributed by atoms with Gasteiger partial charge in [-0.25, -0.2) is 0 Å². The summed E-state index contributed by atoms with van der Waals surface area (Å²) in [5, 5.41) is 2.96. The van der Waals surface area contributed by atoms with E-state index in [0.29, 0.717) is 6.42 Å². The summed E-state index contributed by atoms with van der Waals surface area (Å²) in [6, 6.07) is 3.87. The summed E-state index contributed by atoms with van der Waals surface area (Å²) in [6.45, 7) is 11.8. The minimum absolute atomic E-state index is 0.117. The van der Waals surface area contributed by atoms with Crippen molar-refractivity contribution in [3.8, 4) is 5.75 Å². The Morgan fingerprint density at radius 2 is 1.82 bits per heavy atom. The van der Waals surface area contributed by atoms with Crippen LogP contribution in [0.3, 0.4) is 0 Å². The third-order valence-corrected chi connectivity index (χ3v) is 3.73. The van der Waals surface area contributed by atoms with Gasteiger partial charge in [-0.1, -0.05) is 13.3 Å². The van der Waals surface area contributed by atoms with Crippen LogP contribution < -0.4 is 10.1 Å². The van der Waals surface area contributed by atoms with Crippen molar-refractivity contribution >= 4 is 11.6 Å². The Morgan fingerprint density at radius 1 is 1.27 bits per heavy atom. The molecule has 0 fully saturated rings. The second-order valence-electron chi connectivity index (χ2n) is 6.24. The molecule has 22 heavy (non-hydrogen) atoms. The van der Waals surface area contributed by atoms with Crippen molar-refractivity contribution in [3.05, 3.63) is 23.3 Å². The van der Waals surface area contributed by atoms with E-state index in [1.165, 1.54) is 0 Å². The zero-order valence-corrected chi connectivity index (χ0v) is 14.9. The molecule has 1 amide bonds. The summed E-state index contributed by atoms with van der Waals surface area (Å²) in [6.07, 6.45) is 1.69.